The molecule has 164 valence electrons. The van der Waals surface area contributed by atoms with Gasteiger partial charge in [-0.1, -0.05) is 6.07 Å². The minimum Gasteiger partial charge on any atom is -0.488 e. The van der Waals surface area contributed by atoms with Crippen LogP contribution in [0, 0.1) is 17.2 Å². The number of fused-ring (bicyclic) bond motifs is 1. The number of hydrogen-bond donors (Lipinski definition) is 1. The first-order valence-corrected chi connectivity index (χ1v) is 11.8. The van der Waals surface area contributed by atoms with E-state index in [0.717, 1.165) is 26.1 Å². The Morgan fingerprint density at radius 2 is 1.97 bits per heavy atom. The molecule has 0 aliphatic carbocycles. The van der Waals surface area contributed by atoms with E-state index in [9.17, 15) is 8.42 Å². The molecule has 0 aromatic heterocycles. The summed E-state index contributed by atoms with van der Waals surface area (Å²) in [4.78, 5) is 2.44. The summed E-state index contributed by atoms with van der Waals surface area (Å²) < 4.78 is 44.8. The molecular weight excluding hydrogens is 418 g/mol. The third kappa shape index (κ3) is 5.28. The molecule has 1 saturated heterocycles. The van der Waals surface area contributed by atoms with Gasteiger partial charge in [-0.2, -0.15) is 5.26 Å². The molecule has 2 aliphatic heterocycles. The van der Waals surface area contributed by atoms with E-state index in [2.05, 4.69) is 9.62 Å². The number of ether oxygens (including phenoxy) is 3. The van der Waals surface area contributed by atoms with Crippen molar-refractivity contribution < 1.29 is 22.6 Å². The minimum absolute atomic E-state index is 0.173. The lowest BCUT2D eigenvalue weighted by Gasteiger charge is -2.22. The normalized spacial score (nSPS) is 18.5. The Morgan fingerprint density at radius 3 is 2.77 bits per heavy atom. The van der Waals surface area contributed by atoms with Crippen molar-refractivity contribution in [3.05, 3.63) is 48.0 Å². The average Bonchev–Trinajstić information content (AvgIpc) is 3.26. The van der Waals surface area contributed by atoms with E-state index in [1.54, 1.807) is 0 Å². The van der Waals surface area contributed by atoms with E-state index in [1.165, 1.54) is 24.3 Å². The van der Waals surface area contributed by atoms with Crippen molar-refractivity contribution in [1.82, 2.24) is 9.62 Å². The van der Waals surface area contributed by atoms with Crippen molar-refractivity contribution in [2.75, 3.05) is 46.0 Å². The van der Waals surface area contributed by atoms with Gasteiger partial charge < -0.3 is 14.2 Å². The van der Waals surface area contributed by atoms with Crippen molar-refractivity contribution in [3.8, 4) is 23.3 Å². The summed E-state index contributed by atoms with van der Waals surface area (Å²) in [5.41, 5.74) is 0.433. The fraction of sp³-hybridized carbons (Fsp3) is 0.409. The first kappa shape index (κ1) is 21.4. The van der Waals surface area contributed by atoms with Crippen molar-refractivity contribution in [1.29, 1.82) is 5.26 Å². The van der Waals surface area contributed by atoms with Crippen molar-refractivity contribution in [3.63, 3.8) is 0 Å². The summed E-state index contributed by atoms with van der Waals surface area (Å²) in [7, 11) is -3.58. The Hall–Kier alpha value is -2.80. The zero-order valence-corrected chi connectivity index (χ0v) is 17.9. The number of hydrogen-bond acceptors (Lipinski definition) is 7. The Kier molecular flexibility index (Phi) is 6.61. The molecule has 1 atom stereocenters. The molecule has 1 N–H and O–H groups in total. The fourth-order valence-electron chi connectivity index (χ4n) is 3.75. The van der Waals surface area contributed by atoms with Gasteiger partial charge in [0.05, 0.1) is 16.5 Å². The predicted molar refractivity (Wildman–Crippen MR) is 114 cm³/mol. The quantitative estimate of drug-likeness (QED) is 0.666. The maximum atomic E-state index is 12.5. The highest BCUT2D eigenvalue weighted by molar-refractivity contribution is 7.89. The molecule has 4 rings (SSSR count). The van der Waals surface area contributed by atoms with Crippen LogP contribution in [0.15, 0.2) is 47.4 Å². The second-order valence-electron chi connectivity index (χ2n) is 7.57. The predicted octanol–water partition coefficient (Wildman–Crippen LogP) is 2.01. The minimum atomic E-state index is -3.58. The van der Waals surface area contributed by atoms with Gasteiger partial charge in [0.1, 0.15) is 19.8 Å². The Balaban J connectivity index is 1.22. The number of nitrogens with zero attached hydrogens (tertiary/aromatic N) is 2. The van der Waals surface area contributed by atoms with Crippen LogP contribution < -0.4 is 18.9 Å². The zero-order chi connectivity index (χ0) is 21.7. The summed E-state index contributed by atoms with van der Waals surface area (Å²) in [6.45, 7) is 4.43. The van der Waals surface area contributed by atoms with Crippen LogP contribution >= 0.6 is 0 Å². The summed E-state index contributed by atoms with van der Waals surface area (Å²) >= 11 is 0. The lowest BCUT2D eigenvalue weighted by molar-refractivity contribution is 0.158. The second-order valence-corrected chi connectivity index (χ2v) is 9.34. The van der Waals surface area contributed by atoms with Gasteiger partial charge in [0.15, 0.2) is 11.5 Å². The number of nitrogens with one attached hydrogen (secondary N) is 1. The lowest BCUT2D eigenvalue weighted by atomic mass is 10.1. The highest BCUT2D eigenvalue weighted by atomic mass is 32.2. The Morgan fingerprint density at radius 1 is 1.16 bits per heavy atom. The van der Waals surface area contributed by atoms with Gasteiger partial charge in [0, 0.05) is 19.6 Å². The fourth-order valence-corrected chi connectivity index (χ4v) is 4.86. The maximum Gasteiger partial charge on any atom is 0.240 e. The summed E-state index contributed by atoms with van der Waals surface area (Å²) in [5.74, 6) is 2.29. The van der Waals surface area contributed by atoms with E-state index >= 15 is 0 Å². The van der Waals surface area contributed by atoms with E-state index in [-0.39, 0.29) is 10.8 Å². The number of rotatable bonds is 8. The third-order valence-electron chi connectivity index (χ3n) is 5.42. The van der Waals surface area contributed by atoms with Crippen molar-refractivity contribution >= 4 is 10.0 Å². The van der Waals surface area contributed by atoms with Crippen LogP contribution in [-0.4, -0.2) is 59.3 Å². The van der Waals surface area contributed by atoms with Crippen LogP contribution in [0.5, 0.6) is 17.2 Å². The zero-order valence-electron chi connectivity index (χ0n) is 17.1. The molecule has 1 fully saturated rings. The number of nitriles is 1. The molecule has 8 nitrogen and oxygen atoms in total. The van der Waals surface area contributed by atoms with Crippen LogP contribution in [0.1, 0.15) is 12.0 Å². The molecule has 0 spiro atoms. The van der Waals surface area contributed by atoms with Crippen LogP contribution in [0.3, 0.4) is 0 Å². The molecule has 2 heterocycles. The highest BCUT2D eigenvalue weighted by Crippen LogP contribution is 2.38. The van der Waals surface area contributed by atoms with E-state index in [4.69, 9.17) is 19.5 Å². The van der Waals surface area contributed by atoms with Crippen LogP contribution in [0.2, 0.25) is 0 Å². The van der Waals surface area contributed by atoms with E-state index < -0.39 is 10.0 Å². The van der Waals surface area contributed by atoms with Gasteiger partial charge >= 0.3 is 0 Å². The van der Waals surface area contributed by atoms with Crippen molar-refractivity contribution in [2.24, 2.45) is 5.92 Å². The largest absolute Gasteiger partial charge is 0.488 e. The summed E-state index contributed by atoms with van der Waals surface area (Å²) in [6, 6.07) is 13.5. The molecule has 2 aromatic carbocycles. The Labute approximate surface area is 182 Å². The van der Waals surface area contributed by atoms with Gasteiger partial charge in [0.2, 0.25) is 15.8 Å². The molecule has 1 unspecified atom stereocenters. The molecule has 0 radical (unpaired) electrons. The molecule has 0 bridgehead atoms. The van der Waals surface area contributed by atoms with Gasteiger partial charge in [-0.3, -0.25) is 4.90 Å². The topological polar surface area (TPSA) is 101 Å². The second kappa shape index (κ2) is 9.56. The maximum absolute atomic E-state index is 12.5. The molecular formula is C22H25N3O5S. The number of para-hydroxylation sites is 1. The third-order valence-corrected chi connectivity index (χ3v) is 6.86. The smallest absolute Gasteiger partial charge is 0.240 e. The highest BCUT2D eigenvalue weighted by Gasteiger charge is 2.25. The Bertz CT molecular complexity index is 1050. The summed E-state index contributed by atoms with van der Waals surface area (Å²) in [5, 5.41) is 8.84. The molecule has 0 saturated carbocycles. The average molecular weight is 444 g/mol. The van der Waals surface area contributed by atoms with Crippen LogP contribution in [0.25, 0.3) is 0 Å². The lowest BCUT2D eigenvalue weighted by Crippen LogP contribution is -2.32. The number of benzene rings is 2. The summed E-state index contributed by atoms with van der Waals surface area (Å²) in [6.07, 6.45) is 0.924. The first-order valence-electron chi connectivity index (χ1n) is 10.3. The molecule has 0 amide bonds. The molecule has 31 heavy (non-hydrogen) atoms. The van der Waals surface area contributed by atoms with Gasteiger partial charge in [-0.25, -0.2) is 13.1 Å². The monoisotopic (exact) mass is 443 g/mol. The van der Waals surface area contributed by atoms with Crippen LogP contribution in [-0.2, 0) is 10.0 Å². The van der Waals surface area contributed by atoms with E-state index in [1.807, 2.05) is 24.3 Å². The van der Waals surface area contributed by atoms with Gasteiger partial charge in [-0.05, 0) is 55.3 Å². The molecule has 2 aliphatic rings. The number of likely N-dealkylation sites (tertiary alicyclic amines) is 1. The molecule has 2 aromatic rings. The van der Waals surface area contributed by atoms with E-state index in [0.29, 0.717) is 49.2 Å². The van der Waals surface area contributed by atoms with Crippen LogP contribution in [0.4, 0.5) is 0 Å². The van der Waals surface area contributed by atoms with Gasteiger partial charge in [0.25, 0.3) is 0 Å². The first-order chi connectivity index (χ1) is 15.0. The van der Waals surface area contributed by atoms with Gasteiger partial charge in [-0.15, -0.1) is 0 Å². The standard InChI is InChI=1S/C22H25N3O5S/c23-14-17-4-6-19(7-5-17)31(26,27)24-15-18-8-9-25(16-18)10-11-28-20-2-1-3-21-22(20)30-13-12-29-21/h1-7,18,24H,8-13,15-16H2. The molecule has 9 heteroatoms. The van der Waals surface area contributed by atoms with Crippen molar-refractivity contribution in [2.45, 2.75) is 11.3 Å². The SMILES string of the molecule is N#Cc1ccc(S(=O)(=O)NCC2CCN(CCOc3cccc4c3OCCO4)C2)cc1. The number of sulfonamides is 1.